The van der Waals surface area contributed by atoms with Crippen molar-refractivity contribution in [3.63, 3.8) is 0 Å². The SMILES string of the molecule is Cc1ccc(C#N)c(Oc2ccc(Br)cc2C(=O)O)n1. The van der Waals surface area contributed by atoms with Gasteiger partial charge in [-0.1, -0.05) is 15.9 Å². The van der Waals surface area contributed by atoms with Crippen molar-refractivity contribution in [2.75, 3.05) is 0 Å². The molecule has 0 fully saturated rings. The number of benzene rings is 1. The number of pyridine rings is 1. The first kappa shape index (κ1) is 14.0. The minimum atomic E-state index is -1.12. The fraction of sp³-hybridized carbons (Fsp3) is 0.0714. The monoisotopic (exact) mass is 332 g/mol. The number of carbonyl (C=O) groups is 1. The second kappa shape index (κ2) is 5.72. The summed E-state index contributed by atoms with van der Waals surface area (Å²) in [5.41, 5.74) is 0.911. The summed E-state index contributed by atoms with van der Waals surface area (Å²) in [7, 11) is 0. The molecule has 0 bridgehead atoms. The molecule has 1 aromatic carbocycles. The van der Waals surface area contributed by atoms with E-state index in [0.29, 0.717) is 10.2 Å². The molecule has 2 aromatic rings. The third-order valence-electron chi connectivity index (χ3n) is 2.50. The normalized spacial score (nSPS) is 9.85. The number of carboxylic acids is 1. The number of aryl methyl sites for hydroxylation is 1. The second-order valence-electron chi connectivity index (χ2n) is 3.96. The van der Waals surface area contributed by atoms with E-state index in [1.807, 2.05) is 6.07 Å². The number of nitriles is 1. The Kier molecular flexibility index (Phi) is 4.01. The minimum absolute atomic E-state index is 0.00780. The highest BCUT2D eigenvalue weighted by Gasteiger charge is 2.15. The number of ether oxygens (including phenoxy) is 1. The van der Waals surface area contributed by atoms with Gasteiger partial charge in [0.05, 0.1) is 0 Å². The fourth-order valence-corrected chi connectivity index (χ4v) is 1.92. The maximum atomic E-state index is 11.2. The molecule has 0 spiro atoms. The smallest absolute Gasteiger partial charge is 0.339 e. The molecule has 2 rings (SSSR count). The Morgan fingerprint density at radius 2 is 2.15 bits per heavy atom. The molecule has 1 heterocycles. The Morgan fingerprint density at radius 1 is 1.40 bits per heavy atom. The third-order valence-corrected chi connectivity index (χ3v) is 2.99. The molecule has 0 aliphatic carbocycles. The van der Waals surface area contributed by atoms with E-state index in [2.05, 4.69) is 20.9 Å². The predicted octanol–water partition coefficient (Wildman–Crippen LogP) is 3.51. The van der Waals surface area contributed by atoms with Gasteiger partial charge in [-0.3, -0.25) is 0 Å². The standard InChI is InChI=1S/C14H9BrN2O3/c1-8-2-3-9(7-16)13(17-8)20-12-5-4-10(15)6-11(12)14(18)19/h2-6H,1H3,(H,18,19). The zero-order valence-corrected chi connectivity index (χ0v) is 12.0. The Labute approximate surface area is 123 Å². The van der Waals surface area contributed by atoms with Crippen LogP contribution in [0.25, 0.3) is 0 Å². The molecule has 0 unspecified atom stereocenters. The molecule has 1 N–H and O–H groups in total. The van der Waals surface area contributed by atoms with E-state index in [1.165, 1.54) is 12.1 Å². The highest BCUT2D eigenvalue weighted by molar-refractivity contribution is 9.10. The van der Waals surface area contributed by atoms with Crippen molar-refractivity contribution < 1.29 is 14.6 Å². The van der Waals surface area contributed by atoms with Gasteiger partial charge in [0.2, 0.25) is 5.88 Å². The van der Waals surface area contributed by atoms with Crippen LogP contribution in [0.15, 0.2) is 34.8 Å². The number of nitrogens with zero attached hydrogens (tertiary/aromatic N) is 2. The topological polar surface area (TPSA) is 83.2 Å². The molecule has 1 aromatic heterocycles. The molecule has 0 amide bonds. The summed E-state index contributed by atoms with van der Waals surface area (Å²) in [4.78, 5) is 15.3. The van der Waals surface area contributed by atoms with Crippen molar-refractivity contribution >= 4 is 21.9 Å². The average Bonchev–Trinajstić information content (AvgIpc) is 2.41. The summed E-state index contributed by atoms with van der Waals surface area (Å²) >= 11 is 3.20. The number of hydrogen-bond acceptors (Lipinski definition) is 4. The summed E-state index contributed by atoms with van der Waals surface area (Å²) in [6.45, 7) is 1.76. The van der Waals surface area contributed by atoms with Gasteiger partial charge in [0.1, 0.15) is 22.9 Å². The number of hydrogen-bond donors (Lipinski definition) is 1. The minimum Gasteiger partial charge on any atom is -0.478 e. The lowest BCUT2D eigenvalue weighted by Gasteiger charge is -2.10. The molecule has 0 atom stereocenters. The van der Waals surface area contributed by atoms with E-state index in [-0.39, 0.29) is 22.8 Å². The van der Waals surface area contributed by atoms with E-state index < -0.39 is 5.97 Å². The van der Waals surface area contributed by atoms with E-state index in [1.54, 1.807) is 25.1 Å². The Hall–Kier alpha value is -2.39. The van der Waals surface area contributed by atoms with Crippen LogP contribution < -0.4 is 4.74 Å². The molecule has 0 aliphatic heterocycles. The number of rotatable bonds is 3. The molecular formula is C14H9BrN2O3. The number of halogens is 1. The number of aromatic carboxylic acids is 1. The highest BCUT2D eigenvalue weighted by atomic mass is 79.9. The highest BCUT2D eigenvalue weighted by Crippen LogP contribution is 2.29. The lowest BCUT2D eigenvalue weighted by molar-refractivity contribution is 0.0694. The number of carboxylic acid groups (broad SMARTS) is 1. The zero-order valence-electron chi connectivity index (χ0n) is 10.4. The van der Waals surface area contributed by atoms with Gasteiger partial charge < -0.3 is 9.84 Å². The van der Waals surface area contributed by atoms with E-state index >= 15 is 0 Å². The molecule has 6 heteroatoms. The first-order valence-electron chi connectivity index (χ1n) is 5.59. The predicted molar refractivity (Wildman–Crippen MR) is 74.9 cm³/mol. The van der Waals surface area contributed by atoms with E-state index in [0.717, 1.165) is 0 Å². The van der Waals surface area contributed by atoms with Gasteiger partial charge in [-0.15, -0.1) is 0 Å². The van der Waals surface area contributed by atoms with Crippen LogP contribution in [-0.2, 0) is 0 Å². The third kappa shape index (κ3) is 2.95. The summed E-state index contributed by atoms with van der Waals surface area (Å²) in [6.07, 6.45) is 0. The van der Waals surface area contributed by atoms with Crippen LogP contribution in [0.1, 0.15) is 21.6 Å². The van der Waals surface area contributed by atoms with Crippen molar-refractivity contribution in [1.29, 1.82) is 5.26 Å². The van der Waals surface area contributed by atoms with Gasteiger partial charge >= 0.3 is 5.97 Å². The average molecular weight is 333 g/mol. The van der Waals surface area contributed by atoms with E-state index in [9.17, 15) is 4.79 Å². The van der Waals surface area contributed by atoms with Gasteiger partial charge in [-0.2, -0.15) is 5.26 Å². The van der Waals surface area contributed by atoms with Crippen LogP contribution in [0.2, 0.25) is 0 Å². The Bertz CT molecular complexity index is 723. The molecule has 0 radical (unpaired) electrons. The van der Waals surface area contributed by atoms with Crippen molar-refractivity contribution in [3.05, 3.63) is 51.6 Å². The van der Waals surface area contributed by atoms with Crippen molar-refractivity contribution in [2.24, 2.45) is 0 Å². The Morgan fingerprint density at radius 3 is 2.80 bits per heavy atom. The number of aromatic nitrogens is 1. The summed E-state index contributed by atoms with van der Waals surface area (Å²) in [5, 5.41) is 18.2. The lowest BCUT2D eigenvalue weighted by atomic mass is 10.2. The fourth-order valence-electron chi connectivity index (χ4n) is 1.56. The molecule has 5 nitrogen and oxygen atoms in total. The quantitative estimate of drug-likeness (QED) is 0.929. The van der Waals surface area contributed by atoms with Gasteiger partial charge in [0, 0.05) is 10.2 Å². The van der Waals surface area contributed by atoms with Crippen LogP contribution in [0.4, 0.5) is 0 Å². The van der Waals surface area contributed by atoms with Gasteiger partial charge in [0.15, 0.2) is 0 Å². The van der Waals surface area contributed by atoms with Gasteiger partial charge in [-0.05, 0) is 37.3 Å². The molecule has 100 valence electrons. The maximum absolute atomic E-state index is 11.2. The summed E-state index contributed by atoms with van der Waals surface area (Å²) in [6, 6.07) is 9.82. The molecular weight excluding hydrogens is 324 g/mol. The molecule has 0 saturated carbocycles. The molecule has 0 saturated heterocycles. The maximum Gasteiger partial charge on any atom is 0.339 e. The van der Waals surface area contributed by atoms with Crippen LogP contribution in [0, 0.1) is 18.3 Å². The zero-order chi connectivity index (χ0) is 14.7. The lowest BCUT2D eigenvalue weighted by Crippen LogP contribution is -2.02. The van der Waals surface area contributed by atoms with Crippen molar-refractivity contribution in [3.8, 4) is 17.7 Å². The molecule has 0 aliphatic rings. The van der Waals surface area contributed by atoms with Crippen molar-refractivity contribution in [2.45, 2.75) is 6.92 Å². The molecule has 20 heavy (non-hydrogen) atoms. The van der Waals surface area contributed by atoms with Gasteiger partial charge in [-0.25, -0.2) is 9.78 Å². The van der Waals surface area contributed by atoms with E-state index in [4.69, 9.17) is 15.1 Å². The first-order valence-corrected chi connectivity index (χ1v) is 6.39. The summed E-state index contributed by atoms with van der Waals surface area (Å²) < 4.78 is 6.12. The largest absolute Gasteiger partial charge is 0.478 e. The first-order chi connectivity index (χ1) is 9.51. The Balaban J connectivity index is 2.48. The van der Waals surface area contributed by atoms with Crippen molar-refractivity contribution in [1.82, 2.24) is 4.98 Å². The second-order valence-corrected chi connectivity index (χ2v) is 4.88. The van der Waals surface area contributed by atoms with Gasteiger partial charge in [0.25, 0.3) is 0 Å². The van der Waals surface area contributed by atoms with Crippen LogP contribution in [0.3, 0.4) is 0 Å². The van der Waals surface area contributed by atoms with Crippen LogP contribution >= 0.6 is 15.9 Å². The summed E-state index contributed by atoms with van der Waals surface area (Å²) in [5.74, 6) is -0.889. The van der Waals surface area contributed by atoms with Crippen LogP contribution in [-0.4, -0.2) is 16.1 Å². The van der Waals surface area contributed by atoms with Crippen LogP contribution in [0.5, 0.6) is 11.6 Å².